The van der Waals surface area contributed by atoms with Crippen LogP contribution in [0.5, 0.6) is 0 Å². The molecule has 6 rings (SSSR count). The maximum absolute atomic E-state index is 13.7. The molecule has 3 aromatic rings. The van der Waals surface area contributed by atoms with Crippen molar-refractivity contribution in [2.24, 2.45) is 0 Å². The fraction of sp³-hybridized carbons (Fsp3) is 0.345. The zero-order valence-corrected chi connectivity index (χ0v) is 20.9. The van der Waals surface area contributed by atoms with E-state index in [1.54, 1.807) is 0 Å². The van der Waals surface area contributed by atoms with E-state index in [0.29, 0.717) is 19.2 Å². The SMILES string of the molecule is O=C1N(CN2CCN(C(c3ccccc3)c3ccccc3)CC2)c2ccccc2[C@@]12OC[C@@H](CCl)O2. The summed E-state index contributed by atoms with van der Waals surface area (Å²) in [6.45, 7) is 4.36. The molecule has 0 radical (unpaired) electrons. The van der Waals surface area contributed by atoms with Gasteiger partial charge in [0.2, 0.25) is 0 Å². The number of alkyl halides is 1. The number of hydrogen-bond acceptors (Lipinski definition) is 5. The van der Waals surface area contributed by atoms with Gasteiger partial charge in [0.1, 0.15) is 0 Å². The summed E-state index contributed by atoms with van der Waals surface area (Å²) in [7, 11) is 0. The first-order valence-electron chi connectivity index (χ1n) is 12.5. The molecule has 3 aliphatic heterocycles. The van der Waals surface area contributed by atoms with Crippen LogP contribution in [-0.2, 0) is 20.1 Å². The number of piperazine rings is 1. The first kappa shape index (κ1) is 23.6. The number of fused-ring (bicyclic) bond motifs is 2. The Morgan fingerprint density at radius 1 is 0.861 bits per heavy atom. The maximum atomic E-state index is 13.7. The van der Waals surface area contributed by atoms with Gasteiger partial charge in [-0.1, -0.05) is 78.9 Å². The first-order chi connectivity index (χ1) is 17.7. The van der Waals surface area contributed by atoms with Crippen LogP contribution in [0.3, 0.4) is 0 Å². The average Bonchev–Trinajstić information content (AvgIpc) is 3.48. The summed E-state index contributed by atoms with van der Waals surface area (Å²) in [6.07, 6.45) is -0.292. The summed E-state index contributed by atoms with van der Waals surface area (Å²) in [6, 6.07) is 29.4. The molecule has 1 spiro atoms. The average molecular weight is 504 g/mol. The summed E-state index contributed by atoms with van der Waals surface area (Å²) in [5, 5.41) is 0. The summed E-state index contributed by atoms with van der Waals surface area (Å²) in [4.78, 5) is 20.3. The van der Waals surface area contributed by atoms with E-state index in [4.69, 9.17) is 21.1 Å². The van der Waals surface area contributed by atoms with E-state index in [-0.39, 0.29) is 18.1 Å². The summed E-state index contributed by atoms with van der Waals surface area (Å²) < 4.78 is 12.1. The zero-order chi connectivity index (χ0) is 24.5. The second-order valence-electron chi connectivity index (χ2n) is 9.59. The lowest BCUT2D eigenvalue weighted by molar-refractivity contribution is -0.185. The van der Waals surface area contributed by atoms with Crippen LogP contribution in [0.15, 0.2) is 84.9 Å². The highest BCUT2D eigenvalue weighted by atomic mass is 35.5. The molecule has 3 aromatic carbocycles. The highest BCUT2D eigenvalue weighted by molar-refractivity contribution is 6.18. The van der Waals surface area contributed by atoms with Gasteiger partial charge in [0.15, 0.2) is 0 Å². The van der Waals surface area contributed by atoms with Gasteiger partial charge in [-0.25, -0.2) is 0 Å². The lowest BCUT2D eigenvalue weighted by atomic mass is 9.96. The molecule has 6 nitrogen and oxygen atoms in total. The third-order valence-electron chi connectivity index (χ3n) is 7.40. The van der Waals surface area contributed by atoms with Crippen LogP contribution in [-0.4, -0.2) is 67.1 Å². The number of hydrogen-bond donors (Lipinski definition) is 0. The number of carbonyl (C=O) groups is 1. The van der Waals surface area contributed by atoms with Crippen LogP contribution in [0.4, 0.5) is 5.69 Å². The molecular weight excluding hydrogens is 474 g/mol. The number of ether oxygens (including phenoxy) is 2. The molecule has 2 atom stereocenters. The van der Waals surface area contributed by atoms with E-state index < -0.39 is 5.79 Å². The third-order valence-corrected chi connectivity index (χ3v) is 7.74. The zero-order valence-electron chi connectivity index (χ0n) is 20.1. The standard InChI is InChI=1S/C29H30ClN3O3/c30-19-24-20-35-29(36-24)25-13-7-8-14-26(25)33(28(29)34)21-31-15-17-32(18-16-31)27(22-9-3-1-4-10-22)23-11-5-2-6-12-23/h1-14,24,27H,15-21H2/t24-,29+/m1/s1. The largest absolute Gasteiger partial charge is 0.336 e. The van der Waals surface area contributed by atoms with Gasteiger partial charge in [-0.05, 0) is 17.2 Å². The number of nitrogens with zero attached hydrogens (tertiary/aromatic N) is 3. The quantitative estimate of drug-likeness (QED) is 0.472. The number of carbonyl (C=O) groups excluding carboxylic acids is 1. The van der Waals surface area contributed by atoms with Crippen LogP contribution >= 0.6 is 11.6 Å². The van der Waals surface area contributed by atoms with Gasteiger partial charge in [0.05, 0.1) is 37.0 Å². The molecule has 0 aliphatic carbocycles. The highest BCUT2D eigenvalue weighted by Crippen LogP contribution is 2.47. The van der Waals surface area contributed by atoms with E-state index in [1.807, 2.05) is 29.2 Å². The molecule has 0 bridgehead atoms. The summed E-state index contributed by atoms with van der Waals surface area (Å²) in [5.41, 5.74) is 4.22. The smallest absolute Gasteiger partial charge is 0.293 e. The minimum Gasteiger partial charge on any atom is -0.336 e. The lowest BCUT2D eigenvalue weighted by Gasteiger charge is -2.41. The normalized spacial score (nSPS) is 24.7. The minimum atomic E-state index is -1.37. The Labute approximate surface area is 217 Å². The van der Waals surface area contributed by atoms with Crippen molar-refractivity contribution in [3.8, 4) is 0 Å². The fourth-order valence-electron chi connectivity index (χ4n) is 5.62. The van der Waals surface area contributed by atoms with Crippen molar-refractivity contribution in [3.05, 3.63) is 102 Å². The molecule has 0 N–H and O–H groups in total. The molecular formula is C29H30ClN3O3. The van der Waals surface area contributed by atoms with Gasteiger partial charge in [-0.2, -0.15) is 0 Å². The fourth-order valence-corrected chi connectivity index (χ4v) is 5.77. The topological polar surface area (TPSA) is 45.3 Å². The van der Waals surface area contributed by atoms with Crippen molar-refractivity contribution < 1.29 is 14.3 Å². The third kappa shape index (κ3) is 4.13. The van der Waals surface area contributed by atoms with Gasteiger partial charge < -0.3 is 9.47 Å². The van der Waals surface area contributed by atoms with E-state index in [0.717, 1.165) is 37.4 Å². The van der Waals surface area contributed by atoms with Gasteiger partial charge in [0.25, 0.3) is 11.7 Å². The Hall–Kier alpha value is -2.74. The molecule has 7 heteroatoms. The second-order valence-corrected chi connectivity index (χ2v) is 9.90. The Morgan fingerprint density at radius 3 is 2.08 bits per heavy atom. The number of benzene rings is 3. The van der Waals surface area contributed by atoms with Gasteiger partial charge in [-0.15, -0.1) is 11.6 Å². The molecule has 2 saturated heterocycles. The predicted octanol–water partition coefficient (Wildman–Crippen LogP) is 4.20. The lowest BCUT2D eigenvalue weighted by Crippen LogP contribution is -2.53. The van der Waals surface area contributed by atoms with Crippen LogP contribution in [0.1, 0.15) is 22.7 Å². The van der Waals surface area contributed by atoms with Crippen LogP contribution in [0.25, 0.3) is 0 Å². The maximum Gasteiger partial charge on any atom is 0.293 e. The van der Waals surface area contributed by atoms with Crippen molar-refractivity contribution in [1.29, 1.82) is 0 Å². The van der Waals surface area contributed by atoms with Crippen LogP contribution < -0.4 is 4.90 Å². The minimum absolute atomic E-state index is 0.162. The molecule has 3 aliphatic rings. The van der Waals surface area contributed by atoms with Gasteiger partial charge in [0, 0.05) is 31.7 Å². The Bertz CT molecular complexity index is 1160. The molecule has 0 saturated carbocycles. The van der Waals surface area contributed by atoms with Crippen molar-refractivity contribution in [2.45, 2.75) is 17.9 Å². The van der Waals surface area contributed by atoms with Crippen LogP contribution in [0, 0.1) is 0 Å². The van der Waals surface area contributed by atoms with E-state index in [9.17, 15) is 4.79 Å². The van der Waals surface area contributed by atoms with Gasteiger partial charge in [-0.3, -0.25) is 19.5 Å². The number of halogens is 1. The molecule has 36 heavy (non-hydrogen) atoms. The number of amides is 1. The van der Waals surface area contributed by atoms with Crippen LogP contribution in [0.2, 0.25) is 0 Å². The first-order valence-corrected chi connectivity index (χ1v) is 13.1. The molecule has 186 valence electrons. The number of rotatable bonds is 6. The molecule has 1 amide bonds. The van der Waals surface area contributed by atoms with E-state index >= 15 is 0 Å². The van der Waals surface area contributed by atoms with Crippen molar-refractivity contribution in [3.63, 3.8) is 0 Å². The Kier molecular flexibility index (Phi) is 6.54. The monoisotopic (exact) mass is 503 g/mol. The molecule has 0 aromatic heterocycles. The summed E-state index contributed by atoms with van der Waals surface area (Å²) in [5.74, 6) is -1.24. The highest BCUT2D eigenvalue weighted by Gasteiger charge is 2.58. The second kappa shape index (κ2) is 9.96. The molecule has 3 heterocycles. The summed E-state index contributed by atoms with van der Waals surface area (Å²) >= 11 is 6.02. The van der Waals surface area contributed by atoms with Crippen molar-refractivity contribution >= 4 is 23.2 Å². The van der Waals surface area contributed by atoms with Crippen molar-refractivity contribution in [1.82, 2.24) is 9.80 Å². The number of anilines is 1. The van der Waals surface area contributed by atoms with E-state index in [1.165, 1.54) is 11.1 Å². The van der Waals surface area contributed by atoms with Crippen molar-refractivity contribution in [2.75, 3.05) is 50.2 Å². The Morgan fingerprint density at radius 2 is 1.47 bits per heavy atom. The molecule has 2 fully saturated rings. The predicted molar refractivity (Wildman–Crippen MR) is 140 cm³/mol. The van der Waals surface area contributed by atoms with Gasteiger partial charge >= 0.3 is 0 Å². The van der Waals surface area contributed by atoms with E-state index in [2.05, 4.69) is 70.5 Å². The number of para-hydroxylation sites is 1. The Balaban J connectivity index is 1.18. The molecule has 0 unspecified atom stereocenters.